The number of carbonyl (C=O) groups is 2. The third-order valence-electron chi connectivity index (χ3n) is 3.91. The van der Waals surface area contributed by atoms with E-state index in [-0.39, 0.29) is 24.5 Å². The molecule has 1 aromatic heterocycles. The van der Waals surface area contributed by atoms with Crippen LogP contribution in [-0.2, 0) is 11.2 Å². The smallest absolute Gasteiger partial charge is 0.227 e. The number of nitrogens with zero attached hydrogens (tertiary/aromatic N) is 1. The van der Waals surface area contributed by atoms with Crippen molar-refractivity contribution in [3.05, 3.63) is 59.7 Å². The molecule has 0 saturated heterocycles. The van der Waals surface area contributed by atoms with Gasteiger partial charge in [-0.25, -0.2) is 4.98 Å². The molecule has 0 aliphatic heterocycles. The zero-order valence-corrected chi connectivity index (χ0v) is 13.5. The van der Waals surface area contributed by atoms with Gasteiger partial charge in [0.05, 0.1) is 11.0 Å². The zero-order valence-electron chi connectivity index (χ0n) is 13.5. The van der Waals surface area contributed by atoms with E-state index in [0.717, 1.165) is 17.5 Å². The Morgan fingerprint density at radius 3 is 2.50 bits per heavy atom. The van der Waals surface area contributed by atoms with Gasteiger partial charge in [0.1, 0.15) is 0 Å². The summed E-state index contributed by atoms with van der Waals surface area (Å²) in [5, 5.41) is 2.70. The molecule has 0 aliphatic carbocycles. The second kappa shape index (κ2) is 7.08. The van der Waals surface area contributed by atoms with Crippen LogP contribution in [0.2, 0.25) is 0 Å². The Bertz CT molecular complexity index is 833. The highest BCUT2D eigenvalue weighted by Crippen LogP contribution is 2.14. The average Bonchev–Trinajstić information content (AvgIpc) is 3.02. The quantitative estimate of drug-likeness (QED) is 0.679. The fourth-order valence-corrected chi connectivity index (χ4v) is 2.50. The van der Waals surface area contributed by atoms with Gasteiger partial charge >= 0.3 is 0 Å². The predicted molar refractivity (Wildman–Crippen MR) is 94.1 cm³/mol. The van der Waals surface area contributed by atoms with Gasteiger partial charge in [-0.15, -0.1) is 0 Å². The molecule has 0 atom stereocenters. The van der Waals surface area contributed by atoms with Gasteiger partial charge in [0.25, 0.3) is 0 Å². The number of para-hydroxylation sites is 2. The first-order chi connectivity index (χ1) is 11.7. The third-order valence-corrected chi connectivity index (χ3v) is 3.91. The van der Waals surface area contributed by atoms with E-state index in [2.05, 4.69) is 22.2 Å². The molecule has 24 heavy (non-hydrogen) atoms. The van der Waals surface area contributed by atoms with Crippen LogP contribution in [0.5, 0.6) is 0 Å². The number of nitrogens with one attached hydrogen (secondary N) is 2. The van der Waals surface area contributed by atoms with E-state index in [1.807, 2.05) is 48.5 Å². The molecule has 122 valence electrons. The number of anilines is 1. The van der Waals surface area contributed by atoms with E-state index in [4.69, 9.17) is 0 Å². The molecule has 0 aliphatic rings. The Morgan fingerprint density at radius 2 is 1.79 bits per heavy atom. The minimum atomic E-state index is -0.229. The molecule has 0 radical (unpaired) electrons. The van der Waals surface area contributed by atoms with Gasteiger partial charge < -0.3 is 4.98 Å². The molecule has 2 N–H and O–H groups in total. The number of amides is 1. The lowest BCUT2D eigenvalue weighted by atomic mass is 10.0. The zero-order chi connectivity index (χ0) is 16.9. The van der Waals surface area contributed by atoms with E-state index < -0.39 is 0 Å². The molecular weight excluding hydrogens is 302 g/mol. The van der Waals surface area contributed by atoms with Crippen molar-refractivity contribution < 1.29 is 9.59 Å². The number of H-pyrrole nitrogens is 1. The molecule has 1 heterocycles. The van der Waals surface area contributed by atoms with Crippen molar-refractivity contribution in [2.75, 3.05) is 5.32 Å². The van der Waals surface area contributed by atoms with Crippen LogP contribution in [0.1, 0.15) is 35.7 Å². The van der Waals surface area contributed by atoms with Gasteiger partial charge in [0.2, 0.25) is 11.9 Å². The lowest BCUT2D eigenvalue weighted by Crippen LogP contribution is -2.14. The van der Waals surface area contributed by atoms with Gasteiger partial charge in [0.15, 0.2) is 5.78 Å². The summed E-state index contributed by atoms with van der Waals surface area (Å²) in [4.78, 5) is 31.5. The Labute approximate surface area is 140 Å². The highest BCUT2D eigenvalue weighted by Gasteiger charge is 2.11. The molecular formula is C19H19N3O2. The fraction of sp³-hybridized carbons (Fsp3) is 0.211. The summed E-state index contributed by atoms with van der Waals surface area (Å²) in [6.45, 7) is 2.07. The van der Waals surface area contributed by atoms with Crippen molar-refractivity contribution in [2.24, 2.45) is 0 Å². The summed E-state index contributed by atoms with van der Waals surface area (Å²) in [5.41, 5.74) is 3.48. The van der Waals surface area contributed by atoms with Crippen molar-refractivity contribution in [3.63, 3.8) is 0 Å². The lowest BCUT2D eigenvalue weighted by Gasteiger charge is -2.03. The van der Waals surface area contributed by atoms with Gasteiger partial charge in [0, 0.05) is 18.4 Å². The second-order valence-corrected chi connectivity index (χ2v) is 5.62. The summed E-state index contributed by atoms with van der Waals surface area (Å²) in [7, 11) is 0. The Kier molecular flexibility index (Phi) is 4.70. The van der Waals surface area contributed by atoms with E-state index in [1.165, 1.54) is 5.56 Å². The standard InChI is InChI=1S/C19H19N3O2/c1-2-13-7-9-14(10-8-13)17(23)11-12-18(24)22-19-20-15-5-3-4-6-16(15)21-19/h3-10H,2,11-12H2,1H3,(H2,20,21,22,24). The molecule has 0 unspecified atom stereocenters. The molecule has 0 saturated carbocycles. The number of Topliss-reactive ketones (excluding diaryl/α,β-unsaturated/α-hetero) is 1. The van der Waals surface area contributed by atoms with Gasteiger partial charge in [-0.05, 0) is 24.1 Å². The summed E-state index contributed by atoms with van der Waals surface area (Å²) in [6.07, 6.45) is 1.25. The fourth-order valence-electron chi connectivity index (χ4n) is 2.50. The molecule has 5 heteroatoms. The molecule has 0 spiro atoms. The highest BCUT2D eigenvalue weighted by molar-refractivity contribution is 6.00. The Morgan fingerprint density at radius 1 is 1.04 bits per heavy atom. The molecule has 0 fully saturated rings. The number of imidazole rings is 1. The second-order valence-electron chi connectivity index (χ2n) is 5.62. The molecule has 3 aromatic rings. The maximum atomic E-state index is 12.1. The van der Waals surface area contributed by atoms with E-state index in [0.29, 0.717) is 11.5 Å². The SMILES string of the molecule is CCc1ccc(C(=O)CCC(=O)Nc2nc3ccccc3[nH]2)cc1. The van der Waals surface area contributed by atoms with Crippen molar-refractivity contribution in [2.45, 2.75) is 26.2 Å². The summed E-state index contributed by atoms with van der Waals surface area (Å²) >= 11 is 0. The molecule has 0 bridgehead atoms. The maximum absolute atomic E-state index is 12.1. The van der Waals surface area contributed by atoms with E-state index in [9.17, 15) is 9.59 Å². The van der Waals surface area contributed by atoms with E-state index in [1.54, 1.807) is 0 Å². The number of benzene rings is 2. The first kappa shape index (κ1) is 15.9. The van der Waals surface area contributed by atoms with Crippen molar-refractivity contribution in [3.8, 4) is 0 Å². The average molecular weight is 321 g/mol. The van der Waals surface area contributed by atoms with Crippen LogP contribution in [0.25, 0.3) is 11.0 Å². The maximum Gasteiger partial charge on any atom is 0.227 e. The topological polar surface area (TPSA) is 74.8 Å². The minimum absolute atomic E-state index is 0.0302. The molecule has 1 amide bonds. The molecule has 5 nitrogen and oxygen atoms in total. The van der Waals surface area contributed by atoms with Crippen LogP contribution in [0.15, 0.2) is 48.5 Å². The van der Waals surface area contributed by atoms with Gasteiger partial charge in [-0.3, -0.25) is 14.9 Å². The van der Waals surface area contributed by atoms with Crippen molar-refractivity contribution in [1.29, 1.82) is 0 Å². The predicted octanol–water partition coefficient (Wildman–Crippen LogP) is 3.73. The molecule has 3 rings (SSSR count). The third kappa shape index (κ3) is 3.68. The number of fused-ring (bicyclic) bond motifs is 1. The number of aromatic nitrogens is 2. The van der Waals surface area contributed by atoms with Crippen LogP contribution < -0.4 is 5.32 Å². The normalized spacial score (nSPS) is 10.7. The minimum Gasteiger partial charge on any atom is -0.324 e. The Hall–Kier alpha value is -2.95. The first-order valence-electron chi connectivity index (χ1n) is 8.02. The van der Waals surface area contributed by atoms with Gasteiger partial charge in [-0.1, -0.05) is 43.3 Å². The van der Waals surface area contributed by atoms with E-state index >= 15 is 0 Å². The summed E-state index contributed by atoms with van der Waals surface area (Å²) in [5.74, 6) is 0.144. The first-order valence-corrected chi connectivity index (χ1v) is 8.02. The number of aromatic amines is 1. The summed E-state index contributed by atoms with van der Waals surface area (Å²) < 4.78 is 0. The highest BCUT2D eigenvalue weighted by atomic mass is 16.2. The number of aryl methyl sites for hydroxylation is 1. The number of carbonyl (C=O) groups excluding carboxylic acids is 2. The largest absolute Gasteiger partial charge is 0.324 e. The van der Waals surface area contributed by atoms with Crippen LogP contribution in [0.4, 0.5) is 5.95 Å². The van der Waals surface area contributed by atoms with Crippen LogP contribution in [0.3, 0.4) is 0 Å². The number of ketones is 1. The number of hydrogen-bond acceptors (Lipinski definition) is 3. The summed E-state index contributed by atoms with van der Waals surface area (Å²) in [6, 6.07) is 15.1. The number of hydrogen-bond donors (Lipinski definition) is 2. The van der Waals surface area contributed by atoms with Crippen molar-refractivity contribution in [1.82, 2.24) is 9.97 Å². The number of rotatable bonds is 6. The van der Waals surface area contributed by atoms with Crippen molar-refractivity contribution >= 4 is 28.7 Å². The monoisotopic (exact) mass is 321 g/mol. The van der Waals surface area contributed by atoms with Crippen LogP contribution in [0, 0.1) is 0 Å². The van der Waals surface area contributed by atoms with Crippen LogP contribution in [-0.4, -0.2) is 21.7 Å². The van der Waals surface area contributed by atoms with Crippen LogP contribution >= 0.6 is 0 Å². The molecule has 2 aromatic carbocycles. The Balaban J connectivity index is 1.55. The lowest BCUT2D eigenvalue weighted by molar-refractivity contribution is -0.116. The van der Waals surface area contributed by atoms with Gasteiger partial charge in [-0.2, -0.15) is 0 Å².